The molecule has 2 amide bonds. The van der Waals surface area contributed by atoms with Crippen molar-refractivity contribution < 1.29 is 9.59 Å². The summed E-state index contributed by atoms with van der Waals surface area (Å²) >= 11 is 0. The normalized spacial score (nSPS) is 18.2. The molecule has 1 aromatic heterocycles. The molecule has 2 N–H and O–H groups in total. The summed E-state index contributed by atoms with van der Waals surface area (Å²) in [5.74, 6) is -0.308. The van der Waals surface area contributed by atoms with Crippen LogP contribution < -0.4 is 5.73 Å². The minimum absolute atomic E-state index is 0.0365. The smallest absolute Gasteiger partial charge is 0.227 e. The number of aromatic nitrogens is 1. The van der Waals surface area contributed by atoms with Gasteiger partial charge >= 0.3 is 0 Å². The molecule has 1 unspecified atom stereocenters. The number of hydrogen-bond acceptors (Lipinski definition) is 3. The van der Waals surface area contributed by atoms with Crippen LogP contribution in [0.15, 0.2) is 73.1 Å². The standard InChI is InChI=1S/C26H27N3O2/c1-19-6-8-20(9-7-19)16-24(30)29-15-12-26(18-29,25(27)31)17-22-4-2-3-5-23(22)21-10-13-28-14-11-21/h2-11,13-14H,12,15-18H2,1H3,(H2,27,31). The molecule has 158 valence electrons. The van der Waals surface area contributed by atoms with Crippen LogP contribution in [0.1, 0.15) is 23.1 Å². The maximum absolute atomic E-state index is 12.9. The van der Waals surface area contributed by atoms with Crippen molar-refractivity contribution in [2.45, 2.75) is 26.2 Å². The number of amides is 2. The van der Waals surface area contributed by atoms with Gasteiger partial charge < -0.3 is 10.6 Å². The van der Waals surface area contributed by atoms with Gasteiger partial charge in [-0.1, -0.05) is 54.1 Å². The summed E-state index contributed by atoms with van der Waals surface area (Å²) in [6, 6.07) is 20.0. The van der Waals surface area contributed by atoms with Crippen molar-refractivity contribution >= 4 is 11.8 Å². The fourth-order valence-corrected chi connectivity index (χ4v) is 4.36. The molecule has 4 rings (SSSR count). The second-order valence-electron chi connectivity index (χ2n) is 8.44. The van der Waals surface area contributed by atoms with Gasteiger partial charge in [0, 0.05) is 25.5 Å². The zero-order valence-corrected chi connectivity index (χ0v) is 17.8. The number of nitrogens with two attached hydrogens (primary N) is 1. The van der Waals surface area contributed by atoms with Gasteiger partial charge in [-0.25, -0.2) is 0 Å². The van der Waals surface area contributed by atoms with Crippen LogP contribution in [0.3, 0.4) is 0 Å². The molecule has 1 saturated heterocycles. The number of hydrogen-bond donors (Lipinski definition) is 1. The quantitative estimate of drug-likeness (QED) is 0.671. The molecule has 2 aromatic carbocycles. The first-order valence-corrected chi connectivity index (χ1v) is 10.6. The average molecular weight is 414 g/mol. The van der Waals surface area contributed by atoms with Crippen LogP contribution in [-0.2, 0) is 22.4 Å². The molecule has 1 aliphatic heterocycles. The summed E-state index contributed by atoms with van der Waals surface area (Å²) in [7, 11) is 0. The largest absolute Gasteiger partial charge is 0.369 e. The summed E-state index contributed by atoms with van der Waals surface area (Å²) in [6.07, 6.45) is 4.94. The zero-order chi connectivity index (χ0) is 21.8. The lowest BCUT2D eigenvalue weighted by Crippen LogP contribution is -2.42. The highest BCUT2D eigenvalue weighted by Gasteiger charge is 2.45. The molecular weight excluding hydrogens is 386 g/mol. The molecule has 0 bridgehead atoms. The van der Waals surface area contributed by atoms with Crippen LogP contribution in [-0.4, -0.2) is 34.8 Å². The molecule has 1 aliphatic rings. The molecule has 31 heavy (non-hydrogen) atoms. The molecular formula is C26H27N3O2. The fourth-order valence-electron chi connectivity index (χ4n) is 4.36. The van der Waals surface area contributed by atoms with Crippen LogP contribution >= 0.6 is 0 Å². The van der Waals surface area contributed by atoms with E-state index >= 15 is 0 Å². The van der Waals surface area contributed by atoms with Gasteiger partial charge in [0.15, 0.2) is 0 Å². The Morgan fingerprint density at radius 1 is 1.03 bits per heavy atom. The van der Waals surface area contributed by atoms with E-state index in [0.29, 0.717) is 32.4 Å². The van der Waals surface area contributed by atoms with Gasteiger partial charge in [0.25, 0.3) is 0 Å². The van der Waals surface area contributed by atoms with E-state index in [1.54, 1.807) is 17.3 Å². The Kier molecular flexibility index (Phi) is 5.85. The second-order valence-corrected chi connectivity index (χ2v) is 8.44. The summed E-state index contributed by atoms with van der Waals surface area (Å²) in [6.45, 7) is 2.93. The third-order valence-electron chi connectivity index (χ3n) is 6.24. The van der Waals surface area contributed by atoms with Crippen molar-refractivity contribution in [1.29, 1.82) is 0 Å². The van der Waals surface area contributed by atoms with Gasteiger partial charge in [-0.3, -0.25) is 14.6 Å². The molecule has 1 atom stereocenters. The molecule has 0 aliphatic carbocycles. The Balaban J connectivity index is 1.54. The number of nitrogens with zero attached hydrogens (tertiary/aromatic N) is 2. The number of rotatable bonds is 6. The molecule has 5 nitrogen and oxygen atoms in total. The predicted octanol–water partition coefficient (Wildman–Crippen LogP) is 3.55. The van der Waals surface area contributed by atoms with E-state index in [0.717, 1.165) is 27.8 Å². The maximum atomic E-state index is 12.9. The third-order valence-corrected chi connectivity index (χ3v) is 6.24. The highest BCUT2D eigenvalue weighted by molar-refractivity contribution is 5.85. The lowest BCUT2D eigenvalue weighted by Gasteiger charge is -2.27. The number of pyridine rings is 1. The first-order chi connectivity index (χ1) is 15.0. The van der Waals surface area contributed by atoms with Crippen LogP contribution in [0.4, 0.5) is 0 Å². The van der Waals surface area contributed by atoms with Gasteiger partial charge in [-0.2, -0.15) is 0 Å². The van der Waals surface area contributed by atoms with Crippen molar-refractivity contribution in [3.05, 3.63) is 89.7 Å². The van der Waals surface area contributed by atoms with Crippen LogP contribution in [0.2, 0.25) is 0 Å². The lowest BCUT2D eigenvalue weighted by molar-refractivity contribution is -0.131. The van der Waals surface area contributed by atoms with Gasteiger partial charge in [0.2, 0.25) is 11.8 Å². The lowest BCUT2D eigenvalue weighted by atomic mass is 9.78. The number of likely N-dealkylation sites (tertiary alicyclic amines) is 1. The second kappa shape index (κ2) is 8.72. The van der Waals surface area contributed by atoms with E-state index in [2.05, 4.69) is 11.1 Å². The summed E-state index contributed by atoms with van der Waals surface area (Å²) < 4.78 is 0. The number of primary amides is 1. The Bertz CT molecular complexity index is 1080. The third kappa shape index (κ3) is 4.50. The number of carbonyl (C=O) groups is 2. The highest BCUT2D eigenvalue weighted by atomic mass is 16.2. The molecule has 0 spiro atoms. The molecule has 2 heterocycles. The van der Waals surface area contributed by atoms with Gasteiger partial charge in [0.05, 0.1) is 11.8 Å². The van der Waals surface area contributed by atoms with Crippen molar-refractivity contribution in [2.24, 2.45) is 11.1 Å². The molecule has 0 radical (unpaired) electrons. The Morgan fingerprint density at radius 3 is 2.45 bits per heavy atom. The summed E-state index contributed by atoms with van der Waals surface area (Å²) in [4.78, 5) is 31.4. The van der Waals surface area contributed by atoms with Crippen molar-refractivity contribution in [3.63, 3.8) is 0 Å². The van der Waals surface area contributed by atoms with Gasteiger partial charge in [-0.05, 0) is 54.2 Å². The van der Waals surface area contributed by atoms with Crippen LogP contribution in [0.5, 0.6) is 0 Å². The van der Waals surface area contributed by atoms with E-state index in [1.807, 2.05) is 61.5 Å². The van der Waals surface area contributed by atoms with Crippen molar-refractivity contribution in [2.75, 3.05) is 13.1 Å². The van der Waals surface area contributed by atoms with Crippen LogP contribution in [0, 0.1) is 12.3 Å². The van der Waals surface area contributed by atoms with E-state index in [-0.39, 0.29) is 11.8 Å². The SMILES string of the molecule is Cc1ccc(CC(=O)N2CCC(Cc3ccccc3-c3ccncc3)(C(N)=O)C2)cc1. The minimum atomic E-state index is -0.758. The van der Waals surface area contributed by atoms with E-state index in [4.69, 9.17) is 5.73 Å². The fraction of sp³-hybridized carbons (Fsp3) is 0.269. The highest BCUT2D eigenvalue weighted by Crippen LogP contribution is 2.37. The molecule has 3 aromatic rings. The first-order valence-electron chi connectivity index (χ1n) is 10.6. The topological polar surface area (TPSA) is 76.3 Å². The van der Waals surface area contributed by atoms with Gasteiger partial charge in [0.1, 0.15) is 0 Å². The van der Waals surface area contributed by atoms with E-state index in [1.165, 1.54) is 0 Å². The Morgan fingerprint density at radius 2 is 1.74 bits per heavy atom. The maximum Gasteiger partial charge on any atom is 0.227 e. The first kappa shape index (κ1) is 20.8. The number of benzene rings is 2. The molecule has 1 fully saturated rings. The Labute approximate surface area is 182 Å². The molecule has 0 saturated carbocycles. The number of carbonyl (C=O) groups excluding carboxylic acids is 2. The minimum Gasteiger partial charge on any atom is -0.369 e. The van der Waals surface area contributed by atoms with E-state index < -0.39 is 5.41 Å². The Hall–Kier alpha value is -3.47. The van der Waals surface area contributed by atoms with Crippen molar-refractivity contribution in [3.8, 4) is 11.1 Å². The van der Waals surface area contributed by atoms with Crippen molar-refractivity contribution in [1.82, 2.24) is 9.88 Å². The summed E-state index contributed by atoms with van der Waals surface area (Å²) in [5, 5.41) is 0. The number of aryl methyl sites for hydroxylation is 1. The van der Waals surface area contributed by atoms with E-state index in [9.17, 15) is 9.59 Å². The average Bonchev–Trinajstić information content (AvgIpc) is 3.22. The van der Waals surface area contributed by atoms with Gasteiger partial charge in [-0.15, -0.1) is 0 Å². The zero-order valence-electron chi connectivity index (χ0n) is 17.8. The summed E-state index contributed by atoms with van der Waals surface area (Å²) in [5.41, 5.74) is 10.5. The predicted molar refractivity (Wildman–Crippen MR) is 121 cm³/mol. The van der Waals surface area contributed by atoms with Crippen LogP contribution in [0.25, 0.3) is 11.1 Å². The molecule has 5 heteroatoms. The monoisotopic (exact) mass is 413 g/mol.